The minimum Gasteiger partial charge on any atom is -0.447 e. The van der Waals surface area contributed by atoms with Crippen molar-refractivity contribution in [2.75, 3.05) is 31.1 Å². The number of nitrogens with one attached hydrogen (secondary N) is 1. The first-order valence-electron chi connectivity index (χ1n) is 6.52. The molecular formula is C12H20N2O3S2. The van der Waals surface area contributed by atoms with E-state index in [4.69, 9.17) is 4.42 Å². The molecule has 19 heavy (non-hydrogen) atoms. The van der Waals surface area contributed by atoms with Gasteiger partial charge in [-0.05, 0) is 25.1 Å². The highest BCUT2D eigenvalue weighted by Crippen LogP contribution is 2.22. The van der Waals surface area contributed by atoms with Crippen molar-refractivity contribution in [3.63, 3.8) is 0 Å². The monoisotopic (exact) mass is 304 g/mol. The zero-order chi connectivity index (χ0) is 13.7. The number of rotatable bonds is 6. The number of hydrogen-bond donors (Lipinski definition) is 1. The number of sulfonamides is 1. The van der Waals surface area contributed by atoms with Gasteiger partial charge in [0.15, 0.2) is 0 Å². The van der Waals surface area contributed by atoms with Crippen LogP contribution in [0, 0.1) is 0 Å². The second-order valence-electron chi connectivity index (χ2n) is 4.41. The van der Waals surface area contributed by atoms with E-state index in [0.29, 0.717) is 25.4 Å². The predicted molar refractivity (Wildman–Crippen MR) is 76.8 cm³/mol. The van der Waals surface area contributed by atoms with Crippen LogP contribution in [0.4, 0.5) is 0 Å². The molecule has 0 saturated carbocycles. The Morgan fingerprint density at radius 2 is 2.11 bits per heavy atom. The summed E-state index contributed by atoms with van der Waals surface area (Å²) in [5.41, 5.74) is 0. The Hall–Kier alpha value is -0.500. The molecule has 0 radical (unpaired) electrons. The Balaban J connectivity index is 2.03. The fraction of sp³-hybridized carbons (Fsp3) is 0.667. The summed E-state index contributed by atoms with van der Waals surface area (Å²) in [5, 5.41) is 3.25. The lowest BCUT2D eigenvalue weighted by Gasteiger charge is -2.24. The van der Waals surface area contributed by atoms with Crippen LogP contribution in [-0.2, 0) is 16.6 Å². The van der Waals surface area contributed by atoms with Crippen LogP contribution in [0.15, 0.2) is 21.6 Å². The van der Waals surface area contributed by atoms with Gasteiger partial charge in [0.05, 0.1) is 6.54 Å². The summed E-state index contributed by atoms with van der Waals surface area (Å²) in [6.07, 6.45) is 1.04. The summed E-state index contributed by atoms with van der Waals surface area (Å²) in [6.45, 7) is 4.68. The van der Waals surface area contributed by atoms with Gasteiger partial charge in [-0.2, -0.15) is 16.1 Å². The van der Waals surface area contributed by atoms with Gasteiger partial charge >= 0.3 is 0 Å². The van der Waals surface area contributed by atoms with Crippen molar-refractivity contribution in [3.8, 4) is 0 Å². The fourth-order valence-electron chi connectivity index (χ4n) is 1.89. The van der Waals surface area contributed by atoms with E-state index < -0.39 is 10.0 Å². The van der Waals surface area contributed by atoms with Gasteiger partial charge in [-0.25, -0.2) is 8.42 Å². The van der Waals surface area contributed by atoms with Crippen molar-refractivity contribution in [1.29, 1.82) is 0 Å². The van der Waals surface area contributed by atoms with E-state index in [1.807, 2.05) is 0 Å². The first-order chi connectivity index (χ1) is 9.14. The molecule has 1 aromatic rings. The SMILES string of the molecule is CCCNCc1ccc(S(=O)(=O)N2CCSCC2)o1. The van der Waals surface area contributed by atoms with Crippen LogP contribution in [0.2, 0.25) is 0 Å². The molecule has 0 atom stereocenters. The maximum Gasteiger partial charge on any atom is 0.276 e. The lowest BCUT2D eigenvalue weighted by molar-refractivity contribution is 0.373. The van der Waals surface area contributed by atoms with Gasteiger partial charge in [0.1, 0.15) is 5.76 Å². The van der Waals surface area contributed by atoms with E-state index in [-0.39, 0.29) is 5.09 Å². The second kappa shape index (κ2) is 6.78. The van der Waals surface area contributed by atoms with E-state index in [9.17, 15) is 8.42 Å². The Bertz CT molecular complexity index is 493. The third-order valence-corrected chi connectivity index (χ3v) is 5.64. The maximum absolute atomic E-state index is 12.3. The van der Waals surface area contributed by atoms with Crippen molar-refractivity contribution in [2.24, 2.45) is 0 Å². The normalized spacial score (nSPS) is 17.7. The summed E-state index contributed by atoms with van der Waals surface area (Å²) in [4.78, 5) is 0. The number of furan rings is 1. The Morgan fingerprint density at radius 1 is 1.37 bits per heavy atom. The third kappa shape index (κ3) is 3.75. The van der Waals surface area contributed by atoms with E-state index >= 15 is 0 Å². The largest absolute Gasteiger partial charge is 0.447 e. The Morgan fingerprint density at radius 3 is 2.79 bits per heavy atom. The molecule has 0 unspecified atom stereocenters. The van der Waals surface area contributed by atoms with E-state index in [1.165, 1.54) is 4.31 Å². The third-order valence-electron chi connectivity index (χ3n) is 2.93. The summed E-state index contributed by atoms with van der Waals surface area (Å²) in [7, 11) is -3.45. The lowest BCUT2D eigenvalue weighted by atomic mass is 10.4. The van der Waals surface area contributed by atoms with Crippen LogP contribution in [0.3, 0.4) is 0 Å². The molecule has 1 aliphatic heterocycles. The second-order valence-corrected chi connectivity index (χ2v) is 7.51. The topological polar surface area (TPSA) is 62.6 Å². The van der Waals surface area contributed by atoms with Crippen LogP contribution in [0.25, 0.3) is 0 Å². The van der Waals surface area contributed by atoms with Crippen molar-refractivity contribution >= 4 is 21.8 Å². The summed E-state index contributed by atoms with van der Waals surface area (Å²) >= 11 is 1.78. The molecule has 0 aliphatic carbocycles. The predicted octanol–water partition coefficient (Wildman–Crippen LogP) is 1.52. The molecule has 1 aromatic heterocycles. The van der Waals surface area contributed by atoms with E-state index in [1.54, 1.807) is 23.9 Å². The molecule has 2 rings (SSSR count). The summed E-state index contributed by atoms with van der Waals surface area (Å²) in [6, 6.07) is 3.29. The highest BCUT2D eigenvalue weighted by Gasteiger charge is 2.28. The average Bonchev–Trinajstić information content (AvgIpc) is 2.90. The zero-order valence-electron chi connectivity index (χ0n) is 11.1. The number of hydrogen-bond acceptors (Lipinski definition) is 5. The number of thioether (sulfide) groups is 1. The first-order valence-corrected chi connectivity index (χ1v) is 9.11. The smallest absolute Gasteiger partial charge is 0.276 e. The van der Waals surface area contributed by atoms with Gasteiger partial charge in [-0.15, -0.1) is 0 Å². The van der Waals surface area contributed by atoms with Crippen LogP contribution >= 0.6 is 11.8 Å². The molecule has 0 amide bonds. The molecule has 1 saturated heterocycles. The minimum atomic E-state index is -3.45. The minimum absolute atomic E-state index is 0.0627. The Labute approximate surface area is 118 Å². The molecule has 2 heterocycles. The lowest BCUT2D eigenvalue weighted by Crippen LogP contribution is -2.37. The molecule has 5 nitrogen and oxygen atoms in total. The van der Waals surface area contributed by atoms with Crippen LogP contribution < -0.4 is 5.32 Å². The summed E-state index contributed by atoms with van der Waals surface area (Å²) in [5.74, 6) is 2.37. The van der Waals surface area contributed by atoms with Gasteiger partial charge in [-0.1, -0.05) is 6.92 Å². The molecule has 7 heteroatoms. The molecule has 1 aliphatic rings. The van der Waals surface area contributed by atoms with Gasteiger partial charge in [0.25, 0.3) is 10.0 Å². The average molecular weight is 304 g/mol. The number of nitrogens with zero attached hydrogens (tertiary/aromatic N) is 1. The van der Waals surface area contributed by atoms with Gasteiger partial charge < -0.3 is 9.73 Å². The zero-order valence-corrected chi connectivity index (χ0v) is 12.7. The quantitative estimate of drug-likeness (QED) is 0.807. The fourth-order valence-corrected chi connectivity index (χ4v) is 4.40. The summed E-state index contributed by atoms with van der Waals surface area (Å²) < 4.78 is 31.6. The van der Waals surface area contributed by atoms with Crippen LogP contribution in [0.1, 0.15) is 19.1 Å². The molecule has 0 bridgehead atoms. The molecule has 0 spiro atoms. The molecule has 108 valence electrons. The van der Waals surface area contributed by atoms with Crippen molar-refractivity contribution < 1.29 is 12.8 Å². The van der Waals surface area contributed by atoms with E-state index in [2.05, 4.69) is 12.2 Å². The van der Waals surface area contributed by atoms with Crippen molar-refractivity contribution in [3.05, 3.63) is 17.9 Å². The van der Waals surface area contributed by atoms with Crippen molar-refractivity contribution in [1.82, 2.24) is 9.62 Å². The molecule has 1 fully saturated rings. The molecule has 1 N–H and O–H groups in total. The Kier molecular flexibility index (Phi) is 5.32. The van der Waals surface area contributed by atoms with E-state index in [0.717, 1.165) is 24.5 Å². The highest BCUT2D eigenvalue weighted by atomic mass is 32.2. The van der Waals surface area contributed by atoms with Gasteiger partial charge in [0.2, 0.25) is 5.09 Å². The maximum atomic E-state index is 12.3. The first kappa shape index (κ1) is 14.9. The highest BCUT2D eigenvalue weighted by molar-refractivity contribution is 7.99. The van der Waals surface area contributed by atoms with Gasteiger partial charge in [-0.3, -0.25) is 0 Å². The van der Waals surface area contributed by atoms with Crippen molar-refractivity contribution in [2.45, 2.75) is 25.0 Å². The van der Waals surface area contributed by atoms with Gasteiger partial charge in [0, 0.05) is 24.6 Å². The molecular weight excluding hydrogens is 284 g/mol. The standard InChI is InChI=1S/C12H20N2O3S2/c1-2-5-13-10-11-3-4-12(17-11)19(15,16)14-6-8-18-9-7-14/h3-4,13H,2,5-10H2,1H3. The van der Waals surface area contributed by atoms with Crippen LogP contribution in [0.5, 0.6) is 0 Å². The molecule has 0 aromatic carbocycles. The van der Waals surface area contributed by atoms with Crippen LogP contribution in [-0.4, -0.2) is 43.9 Å².